The third-order valence-electron chi connectivity index (χ3n) is 7.84. The summed E-state index contributed by atoms with van der Waals surface area (Å²) in [6.45, 7) is 13.7. The molecular formula is C27H34O4. The smallest absolute Gasteiger partial charge is 0.119 e. The van der Waals surface area contributed by atoms with Crippen LogP contribution in [0.15, 0.2) is 36.4 Å². The highest BCUT2D eigenvalue weighted by molar-refractivity contribution is 5.82. The van der Waals surface area contributed by atoms with Crippen molar-refractivity contribution in [2.24, 2.45) is 10.8 Å². The fourth-order valence-corrected chi connectivity index (χ4v) is 4.91. The van der Waals surface area contributed by atoms with E-state index in [0.717, 1.165) is 64.0 Å². The van der Waals surface area contributed by atoms with Gasteiger partial charge in [-0.2, -0.15) is 0 Å². The molecule has 3 aliphatic rings. The number of hydrogen-bond acceptors (Lipinski definition) is 4. The molecule has 4 nitrogen and oxygen atoms in total. The molecule has 0 saturated carbocycles. The molecule has 0 N–H and O–H groups in total. The minimum atomic E-state index is -0.0898. The van der Waals surface area contributed by atoms with Crippen LogP contribution in [0.1, 0.15) is 51.7 Å². The summed E-state index contributed by atoms with van der Waals surface area (Å²) in [6, 6.07) is 13.1. The van der Waals surface area contributed by atoms with Gasteiger partial charge < -0.3 is 18.9 Å². The predicted molar refractivity (Wildman–Crippen MR) is 122 cm³/mol. The Labute approximate surface area is 185 Å². The Bertz CT molecular complexity index is 881. The van der Waals surface area contributed by atoms with Crippen LogP contribution >= 0.6 is 0 Å². The number of rotatable bonds is 8. The molecule has 0 atom stereocenters. The van der Waals surface area contributed by atoms with Crippen LogP contribution in [0, 0.1) is 10.8 Å². The lowest BCUT2D eigenvalue weighted by atomic mass is 9.82. The maximum atomic E-state index is 6.24. The average molecular weight is 423 g/mol. The minimum Gasteiger partial charge on any atom is -0.493 e. The summed E-state index contributed by atoms with van der Waals surface area (Å²) < 4.78 is 23.3. The zero-order chi connectivity index (χ0) is 21.7. The van der Waals surface area contributed by atoms with Crippen molar-refractivity contribution < 1.29 is 18.9 Å². The Morgan fingerprint density at radius 1 is 0.710 bits per heavy atom. The predicted octanol–water partition coefficient (Wildman–Crippen LogP) is 5.60. The van der Waals surface area contributed by atoms with E-state index in [9.17, 15) is 0 Å². The molecule has 2 aromatic rings. The maximum absolute atomic E-state index is 6.24. The van der Waals surface area contributed by atoms with Crippen molar-refractivity contribution in [3.8, 4) is 22.6 Å². The summed E-state index contributed by atoms with van der Waals surface area (Å²) in [5.41, 5.74) is 5.53. The molecule has 2 fully saturated rings. The third kappa shape index (κ3) is 3.44. The van der Waals surface area contributed by atoms with E-state index in [1.807, 2.05) is 0 Å². The molecule has 2 aliphatic heterocycles. The number of hydrogen-bond donors (Lipinski definition) is 0. The topological polar surface area (TPSA) is 36.9 Å². The molecule has 31 heavy (non-hydrogen) atoms. The molecule has 2 aromatic carbocycles. The van der Waals surface area contributed by atoms with E-state index in [4.69, 9.17) is 18.9 Å². The van der Waals surface area contributed by atoms with Gasteiger partial charge in [0.1, 0.15) is 11.5 Å². The molecule has 0 aromatic heterocycles. The summed E-state index contributed by atoms with van der Waals surface area (Å²) >= 11 is 0. The van der Waals surface area contributed by atoms with Crippen molar-refractivity contribution in [3.05, 3.63) is 47.5 Å². The van der Waals surface area contributed by atoms with Crippen LogP contribution < -0.4 is 9.47 Å². The average Bonchev–Trinajstić information content (AvgIpc) is 2.94. The van der Waals surface area contributed by atoms with Crippen LogP contribution in [-0.4, -0.2) is 39.6 Å². The van der Waals surface area contributed by atoms with Gasteiger partial charge in [-0.25, -0.2) is 0 Å². The Morgan fingerprint density at radius 2 is 1.13 bits per heavy atom. The third-order valence-corrected chi connectivity index (χ3v) is 7.84. The van der Waals surface area contributed by atoms with Crippen LogP contribution in [0.25, 0.3) is 11.1 Å². The van der Waals surface area contributed by atoms with Gasteiger partial charge in [0.2, 0.25) is 0 Å². The van der Waals surface area contributed by atoms with E-state index in [0.29, 0.717) is 0 Å². The number of benzene rings is 2. The summed E-state index contributed by atoms with van der Waals surface area (Å²) in [5.74, 6) is 1.90. The SMILES string of the molecule is CCC1(COc2ccc3c(c2)C(C)(C)c2cc(OCC4(CC)COC4)ccc2-3)COC1. The molecule has 0 spiro atoms. The van der Waals surface area contributed by atoms with Crippen molar-refractivity contribution in [3.63, 3.8) is 0 Å². The van der Waals surface area contributed by atoms with Crippen LogP contribution in [0.5, 0.6) is 11.5 Å². The highest BCUT2D eigenvalue weighted by Gasteiger charge is 2.40. The van der Waals surface area contributed by atoms with Crippen LogP contribution in [0.3, 0.4) is 0 Å². The largest absolute Gasteiger partial charge is 0.493 e. The van der Waals surface area contributed by atoms with Crippen molar-refractivity contribution in [1.29, 1.82) is 0 Å². The van der Waals surface area contributed by atoms with E-state index in [1.165, 1.54) is 22.3 Å². The van der Waals surface area contributed by atoms with Crippen molar-refractivity contribution in [1.82, 2.24) is 0 Å². The van der Waals surface area contributed by atoms with E-state index in [-0.39, 0.29) is 16.2 Å². The lowest BCUT2D eigenvalue weighted by Crippen LogP contribution is -2.46. The maximum Gasteiger partial charge on any atom is 0.119 e. The van der Waals surface area contributed by atoms with Gasteiger partial charge >= 0.3 is 0 Å². The molecule has 0 amide bonds. The molecular weight excluding hydrogens is 388 g/mol. The van der Waals surface area contributed by atoms with E-state index < -0.39 is 0 Å². The van der Waals surface area contributed by atoms with Crippen molar-refractivity contribution >= 4 is 0 Å². The van der Waals surface area contributed by atoms with Crippen LogP contribution in [0.4, 0.5) is 0 Å². The Kier molecular flexibility index (Phi) is 5.06. The highest BCUT2D eigenvalue weighted by atomic mass is 16.5. The Morgan fingerprint density at radius 3 is 1.45 bits per heavy atom. The van der Waals surface area contributed by atoms with E-state index >= 15 is 0 Å². The standard InChI is InChI=1S/C27H34O4/c1-5-26(13-28-14-26)17-30-19-7-9-21-22-10-8-20(31-18-27(6-2)15-29-16-27)12-24(22)25(3,4)23(21)11-19/h7-12H,5-6,13-18H2,1-4H3. The molecule has 4 heteroatoms. The van der Waals surface area contributed by atoms with Gasteiger partial charge in [0.25, 0.3) is 0 Å². The molecule has 2 saturated heterocycles. The van der Waals surface area contributed by atoms with Crippen LogP contribution in [0.2, 0.25) is 0 Å². The first-order valence-electron chi connectivity index (χ1n) is 11.6. The first-order chi connectivity index (χ1) is 14.9. The van der Waals surface area contributed by atoms with Crippen LogP contribution in [-0.2, 0) is 14.9 Å². The second kappa shape index (κ2) is 7.53. The molecule has 0 radical (unpaired) electrons. The molecule has 0 unspecified atom stereocenters. The van der Waals surface area contributed by atoms with Crippen molar-refractivity contribution in [2.75, 3.05) is 39.6 Å². The second-order valence-corrected chi connectivity index (χ2v) is 10.3. The van der Waals surface area contributed by atoms with Gasteiger partial charge in [0.15, 0.2) is 0 Å². The fourth-order valence-electron chi connectivity index (χ4n) is 4.91. The zero-order valence-electron chi connectivity index (χ0n) is 19.3. The monoisotopic (exact) mass is 422 g/mol. The van der Waals surface area contributed by atoms with Gasteiger partial charge in [0, 0.05) is 5.41 Å². The van der Waals surface area contributed by atoms with Gasteiger partial charge in [-0.3, -0.25) is 0 Å². The van der Waals surface area contributed by atoms with E-state index in [2.05, 4.69) is 64.1 Å². The summed E-state index contributed by atoms with van der Waals surface area (Å²) in [5, 5.41) is 0. The van der Waals surface area contributed by atoms with Gasteiger partial charge in [-0.1, -0.05) is 39.8 Å². The Hall–Kier alpha value is -2.04. The minimum absolute atomic E-state index is 0.0898. The molecule has 2 heterocycles. The molecule has 0 bridgehead atoms. The second-order valence-electron chi connectivity index (χ2n) is 10.3. The lowest BCUT2D eigenvalue weighted by molar-refractivity contribution is -0.133. The van der Waals surface area contributed by atoms with Gasteiger partial charge in [0.05, 0.1) is 50.5 Å². The van der Waals surface area contributed by atoms with Gasteiger partial charge in [-0.05, 0) is 59.4 Å². The highest BCUT2D eigenvalue weighted by Crippen LogP contribution is 2.50. The number of fused-ring (bicyclic) bond motifs is 3. The zero-order valence-corrected chi connectivity index (χ0v) is 19.3. The summed E-state index contributed by atoms with van der Waals surface area (Å²) in [6.07, 6.45) is 2.17. The normalized spacial score (nSPS) is 21.4. The quantitative estimate of drug-likeness (QED) is 0.555. The summed E-state index contributed by atoms with van der Waals surface area (Å²) in [7, 11) is 0. The fraction of sp³-hybridized carbons (Fsp3) is 0.556. The molecule has 1 aliphatic carbocycles. The number of ether oxygens (including phenoxy) is 4. The first-order valence-corrected chi connectivity index (χ1v) is 11.6. The van der Waals surface area contributed by atoms with Gasteiger partial charge in [-0.15, -0.1) is 0 Å². The lowest BCUT2D eigenvalue weighted by Gasteiger charge is -2.40. The first kappa shape index (κ1) is 20.8. The van der Waals surface area contributed by atoms with Crippen molar-refractivity contribution in [2.45, 2.75) is 46.0 Å². The van der Waals surface area contributed by atoms with E-state index in [1.54, 1.807) is 0 Å². The molecule has 5 rings (SSSR count). The Balaban J connectivity index is 1.35. The molecule has 166 valence electrons. The summed E-state index contributed by atoms with van der Waals surface area (Å²) in [4.78, 5) is 0.